The Bertz CT molecular complexity index is 491. The highest BCUT2D eigenvalue weighted by Crippen LogP contribution is 2.44. The predicted octanol–water partition coefficient (Wildman–Crippen LogP) is 2.17. The maximum absolute atomic E-state index is 11.4. The van der Waals surface area contributed by atoms with E-state index in [1.165, 1.54) is 13.8 Å². The third-order valence-electron chi connectivity index (χ3n) is 5.42. The van der Waals surface area contributed by atoms with Crippen molar-refractivity contribution in [2.45, 2.75) is 52.9 Å². The Morgan fingerprint density at radius 1 is 0.720 bits per heavy atom. The molecular formula is C17H26O8. The number of hydrogen-bond donors (Lipinski definition) is 4. The van der Waals surface area contributed by atoms with Crippen LogP contribution in [0, 0.1) is 28.6 Å². The molecule has 0 spiro atoms. The number of aliphatic carboxylic acids is 4. The molecule has 2 unspecified atom stereocenters. The lowest BCUT2D eigenvalue weighted by Gasteiger charge is -2.38. The van der Waals surface area contributed by atoms with Crippen molar-refractivity contribution in [1.29, 1.82) is 0 Å². The number of carbonyl (C=O) groups is 4. The second kappa shape index (κ2) is 7.41. The summed E-state index contributed by atoms with van der Waals surface area (Å²) in [6.07, 6.45) is 1.59. The van der Waals surface area contributed by atoms with E-state index in [-0.39, 0.29) is 30.6 Å². The third kappa shape index (κ3) is 4.49. The predicted molar refractivity (Wildman–Crippen MR) is 86.0 cm³/mol. The van der Waals surface area contributed by atoms with Crippen LogP contribution in [-0.4, -0.2) is 44.3 Å². The Hall–Kier alpha value is -2.12. The van der Waals surface area contributed by atoms with Crippen LogP contribution >= 0.6 is 0 Å². The normalized spacial score (nSPS) is 24.5. The second-order valence-electron chi connectivity index (χ2n) is 7.84. The molecule has 0 aromatic heterocycles. The number of hydrogen-bond acceptors (Lipinski definition) is 4. The highest BCUT2D eigenvalue weighted by atomic mass is 16.4. The van der Waals surface area contributed by atoms with E-state index in [4.69, 9.17) is 0 Å². The van der Waals surface area contributed by atoms with Crippen molar-refractivity contribution < 1.29 is 39.6 Å². The topological polar surface area (TPSA) is 149 Å². The van der Waals surface area contributed by atoms with E-state index in [9.17, 15) is 39.6 Å². The molecule has 142 valence electrons. The van der Waals surface area contributed by atoms with Crippen LogP contribution < -0.4 is 0 Å². The van der Waals surface area contributed by atoms with Crippen molar-refractivity contribution in [1.82, 2.24) is 0 Å². The van der Waals surface area contributed by atoms with Crippen molar-refractivity contribution in [3.8, 4) is 0 Å². The fraction of sp³-hybridized carbons (Fsp3) is 0.765. The Balaban J connectivity index is 2.95. The fourth-order valence-electron chi connectivity index (χ4n) is 3.92. The first-order chi connectivity index (χ1) is 11.3. The van der Waals surface area contributed by atoms with Gasteiger partial charge in [-0.3, -0.25) is 19.2 Å². The molecule has 0 radical (unpaired) electrons. The number of rotatable bonds is 8. The molecule has 8 nitrogen and oxygen atoms in total. The quantitative estimate of drug-likeness (QED) is 0.482. The van der Waals surface area contributed by atoms with Gasteiger partial charge in [-0.2, -0.15) is 0 Å². The summed E-state index contributed by atoms with van der Waals surface area (Å²) in [6.45, 7) is 4.27. The maximum atomic E-state index is 11.4. The van der Waals surface area contributed by atoms with Gasteiger partial charge < -0.3 is 20.4 Å². The first-order valence-electron chi connectivity index (χ1n) is 8.26. The summed E-state index contributed by atoms with van der Waals surface area (Å²) in [7, 11) is 0. The summed E-state index contributed by atoms with van der Waals surface area (Å²) >= 11 is 0. The van der Waals surface area contributed by atoms with E-state index in [0.29, 0.717) is 19.3 Å². The van der Waals surface area contributed by atoms with Gasteiger partial charge in [-0.1, -0.05) is 6.92 Å². The van der Waals surface area contributed by atoms with Gasteiger partial charge >= 0.3 is 23.9 Å². The molecule has 0 heterocycles. The van der Waals surface area contributed by atoms with Gasteiger partial charge in [0.05, 0.1) is 0 Å². The highest BCUT2D eigenvalue weighted by Gasteiger charge is 2.47. The van der Waals surface area contributed by atoms with Gasteiger partial charge in [0.25, 0.3) is 0 Å². The zero-order chi connectivity index (χ0) is 19.6. The summed E-state index contributed by atoms with van der Waals surface area (Å²) in [4.78, 5) is 45.5. The molecule has 1 aliphatic rings. The minimum atomic E-state index is -1.91. The smallest absolute Gasteiger partial charge is 0.320 e. The molecule has 0 aliphatic heterocycles. The monoisotopic (exact) mass is 358 g/mol. The molecule has 1 aliphatic carbocycles. The number of carboxylic acid groups (broad SMARTS) is 4. The third-order valence-corrected chi connectivity index (χ3v) is 5.42. The molecule has 1 rings (SSSR count). The van der Waals surface area contributed by atoms with E-state index in [1.54, 1.807) is 0 Å². The molecule has 8 heteroatoms. The van der Waals surface area contributed by atoms with Gasteiger partial charge in [0, 0.05) is 0 Å². The van der Waals surface area contributed by atoms with E-state index >= 15 is 0 Å². The van der Waals surface area contributed by atoms with Crippen LogP contribution in [0.1, 0.15) is 52.9 Å². The Labute approximate surface area is 145 Å². The molecule has 0 aromatic rings. The van der Waals surface area contributed by atoms with Gasteiger partial charge in [-0.05, 0) is 63.7 Å². The largest absolute Gasteiger partial charge is 0.480 e. The van der Waals surface area contributed by atoms with Crippen LogP contribution in [0.4, 0.5) is 0 Å². The Morgan fingerprint density at radius 2 is 1.00 bits per heavy atom. The lowest BCUT2D eigenvalue weighted by molar-refractivity contribution is -0.165. The standard InChI is InChI=1S/C17H26O8/c1-9-4-10(7-16(2,12(18)19)13(20)21)6-11(5-9)8-17(3,14(22)23)15(24)25/h9-11H,4-8H2,1-3H3,(H,18,19)(H,20,21)(H,22,23)(H,24,25). The minimum Gasteiger partial charge on any atom is -0.480 e. The van der Waals surface area contributed by atoms with Crippen molar-refractivity contribution in [2.24, 2.45) is 28.6 Å². The lowest BCUT2D eigenvalue weighted by Crippen LogP contribution is -2.41. The first-order valence-corrected chi connectivity index (χ1v) is 8.26. The summed E-state index contributed by atoms with van der Waals surface area (Å²) in [5, 5.41) is 37.0. The number of carboxylic acids is 4. The zero-order valence-corrected chi connectivity index (χ0v) is 14.7. The second-order valence-corrected chi connectivity index (χ2v) is 7.84. The van der Waals surface area contributed by atoms with E-state index < -0.39 is 34.7 Å². The molecular weight excluding hydrogens is 332 g/mol. The van der Waals surface area contributed by atoms with E-state index in [2.05, 4.69) is 0 Å². The molecule has 0 aromatic carbocycles. The molecule has 4 N–H and O–H groups in total. The molecule has 2 atom stereocenters. The molecule has 0 bridgehead atoms. The van der Waals surface area contributed by atoms with Crippen LogP contribution in [0.25, 0.3) is 0 Å². The van der Waals surface area contributed by atoms with Crippen LogP contribution in [0.3, 0.4) is 0 Å². The van der Waals surface area contributed by atoms with Crippen LogP contribution in [-0.2, 0) is 19.2 Å². The first kappa shape index (κ1) is 20.9. The molecule has 1 fully saturated rings. The van der Waals surface area contributed by atoms with E-state index in [0.717, 1.165) is 0 Å². The van der Waals surface area contributed by atoms with Crippen molar-refractivity contribution in [3.63, 3.8) is 0 Å². The average Bonchev–Trinajstić information content (AvgIpc) is 2.45. The summed E-state index contributed by atoms with van der Waals surface area (Å²) < 4.78 is 0. The average molecular weight is 358 g/mol. The summed E-state index contributed by atoms with van der Waals surface area (Å²) in [5.41, 5.74) is -3.82. The SMILES string of the molecule is CC1CC(CC(C)(C(=O)O)C(=O)O)CC(CC(C)(C(=O)O)C(=O)O)C1. The van der Waals surface area contributed by atoms with Gasteiger partial charge in [-0.25, -0.2) is 0 Å². The van der Waals surface area contributed by atoms with Crippen LogP contribution in [0.2, 0.25) is 0 Å². The van der Waals surface area contributed by atoms with E-state index in [1.807, 2.05) is 6.92 Å². The van der Waals surface area contributed by atoms with Crippen molar-refractivity contribution >= 4 is 23.9 Å². The van der Waals surface area contributed by atoms with Crippen molar-refractivity contribution in [3.05, 3.63) is 0 Å². The fourth-order valence-corrected chi connectivity index (χ4v) is 3.92. The minimum absolute atomic E-state index is 0.0602. The molecule has 25 heavy (non-hydrogen) atoms. The molecule has 0 saturated heterocycles. The lowest BCUT2D eigenvalue weighted by atomic mass is 9.66. The molecule has 1 saturated carbocycles. The Kier molecular flexibility index (Phi) is 6.20. The van der Waals surface area contributed by atoms with Crippen LogP contribution in [0.5, 0.6) is 0 Å². The summed E-state index contributed by atoms with van der Waals surface area (Å²) in [5.74, 6) is -5.91. The van der Waals surface area contributed by atoms with Gasteiger partial charge in [0.2, 0.25) is 0 Å². The summed E-state index contributed by atoms with van der Waals surface area (Å²) in [6, 6.07) is 0. The van der Waals surface area contributed by atoms with Gasteiger partial charge in [0.15, 0.2) is 10.8 Å². The van der Waals surface area contributed by atoms with Crippen molar-refractivity contribution in [2.75, 3.05) is 0 Å². The zero-order valence-electron chi connectivity index (χ0n) is 14.7. The highest BCUT2D eigenvalue weighted by molar-refractivity contribution is 5.98. The maximum Gasteiger partial charge on any atom is 0.320 e. The Morgan fingerprint density at radius 3 is 1.24 bits per heavy atom. The van der Waals surface area contributed by atoms with Crippen LogP contribution in [0.15, 0.2) is 0 Å². The molecule has 0 amide bonds. The van der Waals surface area contributed by atoms with Gasteiger partial charge in [0.1, 0.15) is 0 Å². The van der Waals surface area contributed by atoms with Gasteiger partial charge in [-0.15, -0.1) is 0 Å².